The molecule has 0 radical (unpaired) electrons. The predicted octanol–water partition coefficient (Wildman–Crippen LogP) is 6.20. The summed E-state index contributed by atoms with van der Waals surface area (Å²) in [6, 6.07) is 17.9. The summed E-state index contributed by atoms with van der Waals surface area (Å²) < 4.78 is 17.0. The van der Waals surface area contributed by atoms with Gasteiger partial charge in [-0.15, -0.1) is 0 Å². The van der Waals surface area contributed by atoms with Crippen molar-refractivity contribution in [3.8, 4) is 0 Å². The Labute approximate surface area is 203 Å². The highest BCUT2D eigenvalue weighted by Gasteiger charge is 2.35. The van der Waals surface area contributed by atoms with E-state index in [4.69, 9.17) is 14.2 Å². The Morgan fingerprint density at radius 1 is 0.882 bits per heavy atom. The van der Waals surface area contributed by atoms with Crippen LogP contribution in [0.4, 0.5) is 0 Å². The third-order valence-electron chi connectivity index (χ3n) is 7.01. The van der Waals surface area contributed by atoms with Gasteiger partial charge < -0.3 is 14.2 Å². The second-order valence-electron chi connectivity index (χ2n) is 10.1. The molecule has 2 atom stereocenters. The van der Waals surface area contributed by atoms with Crippen LogP contribution in [0.3, 0.4) is 0 Å². The van der Waals surface area contributed by atoms with Crippen LogP contribution in [0, 0.1) is 10.8 Å². The van der Waals surface area contributed by atoms with Crippen LogP contribution in [0.5, 0.6) is 0 Å². The Morgan fingerprint density at radius 2 is 1.59 bits per heavy atom. The third-order valence-corrected chi connectivity index (χ3v) is 7.01. The quantitative estimate of drug-likeness (QED) is 0.260. The average Bonchev–Trinajstić information content (AvgIpc) is 2.82. The van der Waals surface area contributed by atoms with Crippen LogP contribution in [-0.4, -0.2) is 25.2 Å². The monoisotopic (exact) mass is 466 g/mol. The first-order valence-corrected chi connectivity index (χ1v) is 12.3. The van der Waals surface area contributed by atoms with Gasteiger partial charge in [0, 0.05) is 6.42 Å². The van der Waals surface area contributed by atoms with Gasteiger partial charge in [0.1, 0.15) is 13.2 Å². The summed E-state index contributed by atoms with van der Waals surface area (Å²) in [5.74, 6) is -0.413. The minimum atomic E-state index is -0.619. The Bertz CT molecular complexity index is 952. The number of carbonyl (C=O) groups is 2. The van der Waals surface area contributed by atoms with Gasteiger partial charge in [-0.2, -0.15) is 0 Å². The Kier molecular flexibility index (Phi) is 8.90. The van der Waals surface area contributed by atoms with E-state index in [1.54, 1.807) is 0 Å². The smallest absolute Gasteiger partial charge is 0.312 e. The van der Waals surface area contributed by atoms with Crippen molar-refractivity contribution in [1.29, 1.82) is 0 Å². The molecule has 5 heteroatoms. The van der Waals surface area contributed by atoms with Crippen LogP contribution in [0.25, 0.3) is 0 Å². The fourth-order valence-corrected chi connectivity index (χ4v) is 4.22. The summed E-state index contributed by atoms with van der Waals surface area (Å²) in [7, 11) is 0. The number of esters is 2. The molecule has 2 aromatic carbocycles. The number of hydrogen-bond donors (Lipinski definition) is 0. The number of fused-ring (bicyclic) bond motifs is 1. The van der Waals surface area contributed by atoms with Crippen molar-refractivity contribution < 1.29 is 23.8 Å². The SMILES string of the molecule is CCC(C)(CCCC(C)(C)C(=O)OCCOC1Cc2ccccc21)C(=O)OCc1ccccc1. The van der Waals surface area contributed by atoms with Crippen LogP contribution in [-0.2, 0) is 36.8 Å². The standard InChI is InChI=1S/C29H38O5/c1-5-29(4,27(31)34-21-22-12-7-6-8-13-22)17-11-16-28(2,3)26(30)33-19-18-32-25-20-23-14-9-10-15-24(23)25/h6-10,12-15,25H,5,11,16-21H2,1-4H3. The van der Waals surface area contributed by atoms with Crippen molar-refractivity contribution in [2.75, 3.05) is 13.2 Å². The molecule has 0 bridgehead atoms. The fourth-order valence-electron chi connectivity index (χ4n) is 4.22. The molecule has 2 aromatic rings. The summed E-state index contributed by atoms with van der Waals surface area (Å²) in [5.41, 5.74) is 2.35. The van der Waals surface area contributed by atoms with Crippen molar-refractivity contribution in [3.63, 3.8) is 0 Å². The molecular weight excluding hydrogens is 428 g/mol. The highest BCUT2D eigenvalue weighted by atomic mass is 16.6. The van der Waals surface area contributed by atoms with E-state index in [0.29, 0.717) is 25.9 Å². The van der Waals surface area contributed by atoms with Crippen molar-refractivity contribution in [2.24, 2.45) is 10.8 Å². The van der Waals surface area contributed by atoms with E-state index >= 15 is 0 Å². The van der Waals surface area contributed by atoms with Gasteiger partial charge in [-0.05, 0) is 56.7 Å². The molecule has 184 valence electrons. The summed E-state index contributed by atoms with van der Waals surface area (Å²) >= 11 is 0. The molecule has 0 spiro atoms. The minimum absolute atomic E-state index is 0.108. The molecule has 0 saturated carbocycles. The van der Waals surface area contributed by atoms with Crippen molar-refractivity contribution in [3.05, 3.63) is 71.3 Å². The van der Waals surface area contributed by atoms with E-state index in [2.05, 4.69) is 12.1 Å². The molecule has 0 N–H and O–H groups in total. The molecule has 0 heterocycles. The molecule has 34 heavy (non-hydrogen) atoms. The van der Waals surface area contributed by atoms with E-state index in [-0.39, 0.29) is 31.3 Å². The lowest BCUT2D eigenvalue weighted by molar-refractivity contribution is -0.158. The first-order chi connectivity index (χ1) is 16.2. The molecule has 0 amide bonds. The molecular formula is C29H38O5. The highest BCUT2D eigenvalue weighted by Crippen LogP contribution is 2.36. The van der Waals surface area contributed by atoms with Crippen LogP contribution in [0.2, 0.25) is 0 Å². The largest absolute Gasteiger partial charge is 0.463 e. The maximum atomic E-state index is 12.8. The second-order valence-corrected chi connectivity index (χ2v) is 10.1. The topological polar surface area (TPSA) is 61.8 Å². The average molecular weight is 467 g/mol. The summed E-state index contributed by atoms with van der Waals surface area (Å²) in [6.45, 7) is 8.67. The predicted molar refractivity (Wildman–Crippen MR) is 132 cm³/mol. The van der Waals surface area contributed by atoms with Gasteiger partial charge >= 0.3 is 11.9 Å². The molecule has 2 unspecified atom stereocenters. The van der Waals surface area contributed by atoms with Gasteiger partial charge in [0.05, 0.1) is 23.5 Å². The first-order valence-electron chi connectivity index (χ1n) is 12.3. The zero-order valence-electron chi connectivity index (χ0n) is 21.0. The Balaban J connectivity index is 1.36. The maximum Gasteiger partial charge on any atom is 0.312 e. The fraction of sp³-hybridized carbons (Fsp3) is 0.517. The highest BCUT2D eigenvalue weighted by molar-refractivity contribution is 5.77. The maximum absolute atomic E-state index is 12.8. The Morgan fingerprint density at radius 3 is 2.29 bits per heavy atom. The van der Waals surface area contributed by atoms with E-state index in [1.165, 1.54) is 11.1 Å². The summed E-state index contributed by atoms with van der Waals surface area (Å²) in [5, 5.41) is 0. The third kappa shape index (κ3) is 6.69. The van der Waals surface area contributed by atoms with Crippen molar-refractivity contribution >= 4 is 11.9 Å². The minimum Gasteiger partial charge on any atom is -0.463 e. The molecule has 3 rings (SSSR count). The number of rotatable bonds is 13. The lowest BCUT2D eigenvalue weighted by atomic mass is 9.79. The molecule has 1 aliphatic carbocycles. The zero-order valence-corrected chi connectivity index (χ0v) is 21.0. The molecule has 0 aromatic heterocycles. The number of benzene rings is 2. The van der Waals surface area contributed by atoms with Gasteiger partial charge in [0.15, 0.2) is 0 Å². The van der Waals surface area contributed by atoms with Crippen molar-refractivity contribution in [2.45, 2.75) is 72.5 Å². The van der Waals surface area contributed by atoms with Crippen LogP contribution in [0.15, 0.2) is 54.6 Å². The molecule has 5 nitrogen and oxygen atoms in total. The molecule has 1 aliphatic rings. The number of hydrogen-bond acceptors (Lipinski definition) is 5. The lowest BCUT2D eigenvalue weighted by Crippen LogP contribution is -2.31. The van der Waals surface area contributed by atoms with E-state index in [0.717, 1.165) is 18.4 Å². The molecule has 0 aliphatic heterocycles. The molecule has 0 saturated heterocycles. The molecule has 0 fully saturated rings. The normalized spacial score (nSPS) is 16.6. The summed E-state index contributed by atoms with van der Waals surface area (Å²) in [4.78, 5) is 25.4. The van der Waals surface area contributed by atoms with E-state index < -0.39 is 10.8 Å². The van der Waals surface area contributed by atoms with Crippen LogP contribution < -0.4 is 0 Å². The first kappa shape index (κ1) is 26.0. The van der Waals surface area contributed by atoms with Gasteiger partial charge in [-0.1, -0.05) is 67.9 Å². The van der Waals surface area contributed by atoms with E-state index in [9.17, 15) is 9.59 Å². The second kappa shape index (κ2) is 11.7. The van der Waals surface area contributed by atoms with Crippen LogP contribution >= 0.6 is 0 Å². The van der Waals surface area contributed by atoms with E-state index in [1.807, 2.05) is 70.2 Å². The van der Waals surface area contributed by atoms with Gasteiger partial charge in [-0.3, -0.25) is 9.59 Å². The van der Waals surface area contributed by atoms with Crippen molar-refractivity contribution in [1.82, 2.24) is 0 Å². The number of carbonyl (C=O) groups excluding carboxylic acids is 2. The lowest BCUT2D eigenvalue weighted by Gasteiger charge is -2.30. The number of ether oxygens (including phenoxy) is 3. The zero-order chi connectivity index (χ0) is 24.6. The van der Waals surface area contributed by atoms with Gasteiger partial charge in [0.25, 0.3) is 0 Å². The summed E-state index contributed by atoms with van der Waals surface area (Å²) in [6.07, 6.45) is 3.76. The Hall–Kier alpha value is -2.66. The van der Waals surface area contributed by atoms with Gasteiger partial charge in [-0.25, -0.2) is 0 Å². The van der Waals surface area contributed by atoms with Gasteiger partial charge in [0.2, 0.25) is 0 Å². The van der Waals surface area contributed by atoms with Crippen LogP contribution in [0.1, 0.15) is 76.2 Å².